The second-order valence-electron chi connectivity index (χ2n) is 7.65. The van der Waals surface area contributed by atoms with Gasteiger partial charge in [-0.15, -0.1) is 10.2 Å². The second-order valence-corrected chi connectivity index (χ2v) is 7.65. The Morgan fingerprint density at radius 2 is 1.61 bits per heavy atom. The molecular formula is C26H24N4O3. The number of amides is 2. The topological polar surface area (TPSA) is 97.1 Å². The molecule has 4 aromatic rings. The molecule has 4 rings (SSSR count). The number of nitrogens with one attached hydrogen (secondary N) is 2. The summed E-state index contributed by atoms with van der Waals surface area (Å²) in [6.07, 6.45) is 0. The van der Waals surface area contributed by atoms with Crippen LogP contribution in [0.4, 0.5) is 0 Å². The largest absolute Gasteiger partial charge is 0.421 e. The van der Waals surface area contributed by atoms with Crippen molar-refractivity contribution in [1.82, 2.24) is 20.8 Å². The summed E-state index contributed by atoms with van der Waals surface area (Å²) in [4.78, 5) is 24.7. The number of aromatic nitrogens is 2. The SMILES string of the molecule is CNC(=O)c1ccccc1CNC(=O)c1ccc(-c2cc(-c3nnc(C)o3)ccc2C)cc1. The maximum absolute atomic E-state index is 12.7. The molecule has 0 atom stereocenters. The van der Waals surface area contributed by atoms with E-state index < -0.39 is 0 Å². The molecule has 0 saturated carbocycles. The first-order valence-corrected chi connectivity index (χ1v) is 10.6. The van der Waals surface area contributed by atoms with Crippen molar-refractivity contribution < 1.29 is 14.0 Å². The molecule has 0 saturated heterocycles. The Labute approximate surface area is 191 Å². The van der Waals surface area contributed by atoms with Gasteiger partial charge in [-0.05, 0) is 59.5 Å². The van der Waals surface area contributed by atoms with Crippen LogP contribution in [-0.4, -0.2) is 29.1 Å². The summed E-state index contributed by atoms with van der Waals surface area (Å²) in [5.41, 5.74) is 5.78. The van der Waals surface area contributed by atoms with Crippen LogP contribution in [-0.2, 0) is 6.54 Å². The standard InChI is InChI=1S/C26H24N4O3/c1-16-8-9-20(26-30-29-17(2)33-26)14-23(16)18-10-12-19(13-11-18)24(31)28-15-21-6-4-5-7-22(21)25(32)27-3/h4-14H,15H2,1-3H3,(H,27,32)(H,28,31). The van der Waals surface area contributed by atoms with Crippen LogP contribution in [0, 0.1) is 13.8 Å². The molecule has 2 N–H and O–H groups in total. The van der Waals surface area contributed by atoms with E-state index in [2.05, 4.69) is 20.8 Å². The third-order valence-corrected chi connectivity index (χ3v) is 5.40. The van der Waals surface area contributed by atoms with Crippen LogP contribution in [0.2, 0.25) is 0 Å². The molecule has 0 spiro atoms. The summed E-state index contributed by atoms with van der Waals surface area (Å²) in [7, 11) is 1.58. The Kier molecular flexibility index (Phi) is 6.31. The lowest BCUT2D eigenvalue weighted by atomic mass is 9.97. The van der Waals surface area contributed by atoms with E-state index in [0.717, 1.165) is 27.8 Å². The van der Waals surface area contributed by atoms with Crippen molar-refractivity contribution in [2.75, 3.05) is 7.05 Å². The minimum Gasteiger partial charge on any atom is -0.421 e. The maximum atomic E-state index is 12.7. The minimum absolute atomic E-state index is 0.183. The minimum atomic E-state index is -0.208. The Morgan fingerprint density at radius 1 is 0.879 bits per heavy atom. The summed E-state index contributed by atoms with van der Waals surface area (Å²) < 4.78 is 5.54. The van der Waals surface area contributed by atoms with E-state index in [9.17, 15) is 9.59 Å². The molecule has 3 aromatic carbocycles. The molecule has 166 valence electrons. The van der Waals surface area contributed by atoms with Crippen LogP contribution in [0.3, 0.4) is 0 Å². The quantitative estimate of drug-likeness (QED) is 0.466. The van der Waals surface area contributed by atoms with Crippen LogP contribution < -0.4 is 10.6 Å². The van der Waals surface area contributed by atoms with Gasteiger partial charge in [-0.2, -0.15) is 0 Å². The number of aryl methyl sites for hydroxylation is 2. The van der Waals surface area contributed by atoms with E-state index in [0.29, 0.717) is 22.9 Å². The van der Waals surface area contributed by atoms with Crippen LogP contribution in [0.1, 0.15) is 37.7 Å². The molecule has 7 heteroatoms. The molecule has 0 bridgehead atoms. The van der Waals surface area contributed by atoms with Crippen LogP contribution >= 0.6 is 0 Å². The number of hydrogen-bond donors (Lipinski definition) is 2. The van der Waals surface area contributed by atoms with Crippen LogP contribution in [0.5, 0.6) is 0 Å². The molecule has 0 aliphatic carbocycles. The number of hydrogen-bond acceptors (Lipinski definition) is 5. The number of rotatable bonds is 6. The Balaban J connectivity index is 1.50. The molecule has 0 fully saturated rings. The number of benzene rings is 3. The number of carbonyl (C=O) groups excluding carboxylic acids is 2. The van der Waals surface area contributed by atoms with Crippen molar-refractivity contribution in [3.8, 4) is 22.6 Å². The molecule has 1 heterocycles. The summed E-state index contributed by atoms with van der Waals surface area (Å²) in [5.74, 6) is 0.597. The molecule has 2 amide bonds. The third kappa shape index (κ3) is 4.82. The Morgan fingerprint density at radius 3 is 2.30 bits per heavy atom. The highest BCUT2D eigenvalue weighted by Gasteiger charge is 2.13. The Hall–Kier alpha value is -4.26. The van der Waals surface area contributed by atoms with Crippen molar-refractivity contribution in [2.24, 2.45) is 0 Å². The van der Waals surface area contributed by atoms with Crippen molar-refractivity contribution in [3.05, 3.63) is 94.9 Å². The van der Waals surface area contributed by atoms with Gasteiger partial charge in [0, 0.05) is 37.2 Å². The molecule has 0 aliphatic rings. The highest BCUT2D eigenvalue weighted by Crippen LogP contribution is 2.29. The molecule has 33 heavy (non-hydrogen) atoms. The zero-order valence-electron chi connectivity index (χ0n) is 18.7. The van der Waals surface area contributed by atoms with Crippen molar-refractivity contribution in [1.29, 1.82) is 0 Å². The maximum Gasteiger partial charge on any atom is 0.251 e. The van der Waals surface area contributed by atoms with Crippen molar-refractivity contribution in [3.63, 3.8) is 0 Å². The monoisotopic (exact) mass is 440 g/mol. The number of carbonyl (C=O) groups is 2. The summed E-state index contributed by atoms with van der Waals surface area (Å²) >= 11 is 0. The Bertz CT molecular complexity index is 1310. The zero-order valence-corrected chi connectivity index (χ0v) is 18.7. The van der Waals surface area contributed by atoms with Gasteiger partial charge in [-0.1, -0.05) is 36.4 Å². The van der Waals surface area contributed by atoms with Gasteiger partial charge in [0.2, 0.25) is 11.8 Å². The lowest BCUT2D eigenvalue weighted by molar-refractivity contribution is 0.0939. The van der Waals surface area contributed by atoms with Crippen LogP contribution in [0.15, 0.2) is 71.1 Å². The fourth-order valence-electron chi connectivity index (χ4n) is 3.59. The molecule has 7 nitrogen and oxygen atoms in total. The average molecular weight is 441 g/mol. The zero-order chi connectivity index (χ0) is 23.4. The van der Waals surface area contributed by atoms with E-state index in [-0.39, 0.29) is 18.4 Å². The molecule has 1 aromatic heterocycles. The predicted octanol–water partition coefficient (Wildman–Crippen LogP) is 4.31. The van der Waals surface area contributed by atoms with Gasteiger partial charge in [0.1, 0.15) is 0 Å². The highest BCUT2D eigenvalue weighted by atomic mass is 16.4. The first-order valence-electron chi connectivity index (χ1n) is 10.6. The van der Waals surface area contributed by atoms with Crippen molar-refractivity contribution >= 4 is 11.8 Å². The van der Waals surface area contributed by atoms with E-state index >= 15 is 0 Å². The first-order chi connectivity index (χ1) is 16.0. The van der Waals surface area contributed by atoms with Gasteiger partial charge < -0.3 is 15.1 Å². The van der Waals surface area contributed by atoms with E-state index in [4.69, 9.17) is 4.42 Å². The number of nitrogens with zero attached hydrogens (tertiary/aromatic N) is 2. The normalized spacial score (nSPS) is 10.6. The fraction of sp³-hybridized carbons (Fsp3) is 0.154. The van der Waals surface area contributed by atoms with E-state index in [1.165, 1.54) is 0 Å². The van der Waals surface area contributed by atoms with Gasteiger partial charge in [-0.25, -0.2) is 0 Å². The van der Waals surface area contributed by atoms with Gasteiger partial charge in [-0.3, -0.25) is 9.59 Å². The summed E-state index contributed by atoms with van der Waals surface area (Å²) in [6.45, 7) is 4.05. The molecule has 0 unspecified atom stereocenters. The van der Waals surface area contributed by atoms with Crippen molar-refractivity contribution in [2.45, 2.75) is 20.4 Å². The van der Waals surface area contributed by atoms with Gasteiger partial charge >= 0.3 is 0 Å². The van der Waals surface area contributed by atoms with E-state index in [1.807, 2.05) is 49.4 Å². The van der Waals surface area contributed by atoms with E-state index in [1.54, 1.807) is 38.2 Å². The first kappa shape index (κ1) is 22.0. The lowest BCUT2D eigenvalue weighted by Crippen LogP contribution is -2.26. The van der Waals surface area contributed by atoms with Crippen LogP contribution in [0.25, 0.3) is 22.6 Å². The predicted molar refractivity (Wildman–Crippen MR) is 126 cm³/mol. The third-order valence-electron chi connectivity index (χ3n) is 5.40. The van der Waals surface area contributed by atoms with Gasteiger partial charge in [0.15, 0.2) is 0 Å². The second kappa shape index (κ2) is 9.48. The summed E-state index contributed by atoms with van der Waals surface area (Å²) in [5, 5.41) is 13.5. The highest BCUT2D eigenvalue weighted by molar-refractivity contribution is 5.97. The average Bonchev–Trinajstić information content (AvgIpc) is 3.29. The summed E-state index contributed by atoms with van der Waals surface area (Å²) in [6, 6.07) is 20.6. The molecular weight excluding hydrogens is 416 g/mol. The lowest BCUT2D eigenvalue weighted by Gasteiger charge is -2.11. The smallest absolute Gasteiger partial charge is 0.251 e. The molecule has 0 aliphatic heterocycles. The van der Waals surface area contributed by atoms with Gasteiger partial charge in [0.25, 0.3) is 11.8 Å². The fourth-order valence-corrected chi connectivity index (χ4v) is 3.59. The molecule has 0 radical (unpaired) electrons. The van der Waals surface area contributed by atoms with Gasteiger partial charge in [0.05, 0.1) is 0 Å².